The van der Waals surface area contributed by atoms with Crippen molar-refractivity contribution >= 4 is 34.5 Å². The molecule has 56 valence electrons. The van der Waals surface area contributed by atoms with E-state index in [4.69, 9.17) is 28.3 Å². The highest BCUT2D eigenvalue weighted by Crippen LogP contribution is 2.35. The molecule has 0 radical (unpaired) electrons. The molecule has 0 saturated heterocycles. The molecule has 1 aromatic heterocycles. The number of aliphatic hydroxyl groups excluding tert-OH is 1. The lowest BCUT2D eigenvalue weighted by atomic mass is 10.3. The minimum absolute atomic E-state index is 0.0168. The molecule has 1 N–H and O–H groups in total. The van der Waals surface area contributed by atoms with Gasteiger partial charge in [-0.15, -0.1) is 11.3 Å². The van der Waals surface area contributed by atoms with Crippen molar-refractivity contribution in [2.45, 2.75) is 13.5 Å². The summed E-state index contributed by atoms with van der Waals surface area (Å²) in [7, 11) is 0. The third kappa shape index (κ3) is 1.30. The molecule has 0 aromatic carbocycles. The summed E-state index contributed by atoms with van der Waals surface area (Å²) in [5, 5.41) is 9.31. The summed E-state index contributed by atoms with van der Waals surface area (Å²) in [4.78, 5) is 0.843. The zero-order valence-corrected chi connectivity index (χ0v) is 7.65. The molecule has 1 heterocycles. The molecular formula is C6H6Cl2OS. The smallest absolute Gasteiger partial charge is 0.112 e. The van der Waals surface area contributed by atoms with Crippen molar-refractivity contribution in [1.29, 1.82) is 0 Å². The SMILES string of the molecule is Cc1c(CO)sc(Cl)c1Cl. The summed E-state index contributed by atoms with van der Waals surface area (Å²) < 4.78 is 0.559. The summed E-state index contributed by atoms with van der Waals surface area (Å²) >= 11 is 12.8. The van der Waals surface area contributed by atoms with E-state index in [1.807, 2.05) is 6.92 Å². The van der Waals surface area contributed by atoms with Gasteiger partial charge in [0, 0.05) is 4.88 Å². The quantitative estimate of drug-likeness (QED) is 0.733. The van der Waals surface area contributed by atoms with Gasteiger partial charge in [-0.2, -0.15) is 0 Å². The van der Waals surface area contributed by atoms with Crippen LogP contribution in [-0.4, -0.2) is 5.11 Å². The largest absolute Gasteiger partial charge is 0.391 e. The Morgan fingerprint density at radius 3 is 2.30 bits per heavy atom. The maximum Gasteiger partial charge on any atom is 0.112 e. The van der Waals surface area contributed by atoms with Gasteiger partial charge < -0.3 is 5.11 Å². The van der Waals surface area contributed by atoms with Gasteiger partial charge in [0.15, 0.2) is 0 Å². The Balaban J connectivity index is 3.17. The van der Waals surface area contributed by atoms with Gasteiger partial charge in [0.1, 0.15) is 4.34 Å². The average Bonchev–Trinajstić information content (AvgIpc) is 2.17. The second-order valence-electron chi connectivity index (χ2n) is 1.90. The molecule has 0 aliphatic rings. The van der Waals surface area contributed by atoms with Crippen LogP contribution in [0.5, 0.6) is 0 Å². The first-order valence-corrected chi connectivity index (χ1v) is 4.28. The molecule has 0 unspecified atom stereocenters. The molecule has 0 bridgehead atoms. The summed E-state index contributed by atoms with van der Waals surface area (Å²) in [6.07, 6.45) is 0. The van der Waals surface area contributed by atoms with Gasteiger partial charge in [-0.3, -0.25) is 0 Å². The highest BCUT2D eigenvalue weighted by Gasteiger charge is 2.09. The van der Waals surface area contributed by atoms with Crippen LogP contribution in [0.25, 0.3) is 0 Å². The van der Waals surface area contributed by atoms with Crippen LogP contribution in [0.1, 0.15) is 10.4 Å². The van der Waals surface area contributed by atoms with Crippen LogP contribution in [0.15, 0.2) is 0 Å². The minimum atomic E-state index is 0.0168. The zero-order valence-electron chi connectivity index (χ0n) is 5.32. The van der Waals surface area contributed by atoms with E-state index in [1.54, 1.807) is 0 Å². The predicted octanol–water partition coefficient (Wildman–Crippen LogP) is 2.86. The Morgan fingerprint density at radius 1 is 1.50 bits per heavy atom. The molecular weight excluding hydrogens is 191 g/mol. The molecule has 0 atom stereocenters. The van der Waals surface area contributed by atoms with Crippen molar-refractivity contribution in [2.24, 2.45) is 0 Å². The lowest BCUT2D eigenvalue weighted by Gasteiger charge is -1.89. The van der Waals surface area contributed by atoms with Crippen LogP contribution in [0.2, 0.25) is 9.36 Å². The number of rotatable bonds is 1. The predicted molar refractivity (Wildman–Crippen MR) is 45.0 cm³/mol. The number of halogens is 2. The fourth-order valence-corrected chi connectivity index (χ4v) is 2.14. The first-order chi connectivity index (χ1) is 4.66. The van der Waals surface area contributed by atoms with Gasteiger partial charge in [0.05, 0.1) is 11.6 Å². The van der Waals surface area contributed by atoms with E-state index in [0.29, 0.717) is 9.36 Å². The maximum absolute atomic E-state index is 8.75. The first-order valence-electron chi connectivity index (χ1n) is 2.71. The van der Waals surface area contributed by atoms with Gasteiger partial charge in [-0.1, -0.05) is 23.2 Å². The van der Waals surface area contributed by atoms with Gasteiger partial charge in [0.25, 0.3) is 0 Å². The van der Waals surface area contributed by atoms with Gasteiger partial charge in [0.2, 0.25) is 0 Å². The van der Waals surface area contributed by atoms with Crippen molar-refractivity contribution in [3.05, 3.63) is 19.8 Å². The number of thiophene rings is 1. The van der Waals surface area contributed by atoms with Crippen LogP contribution in [-0.2, 0) is 6.61 Å². The Labute approximate surface area is 73.2 Å². The van der Waals surface area contributed by atoms with Crippen LogP contribution >= 0.6 is 34.5 Å². The van der Waals surface area contributed by atoms with E-state index >= 15 is 0 Å². The molecule has 10 heavy (non-hydrogen) atoms. The summed E-state index contributed by atoms with van der Waals surface area (Å²) in [6, 6.07) is 0. The second-order valence-corrected chi connectivity index (χ2v) is 3.98. The van der Waals surface area contributed by atoms with Gasteiger partial charge in [-0.05, 0) is 12.5 Å². The molecule has 0 saturated carbocycles. The molecule has 0 aliphatic carbocycles. The molecule has 1 rings (SSSR count). The summed E-state index contributed by atoms with van der Waals surface area (Å²) in [5.41, 5.74) is 0.888. The lowest BCUT2D eigenvalue weighted by molar-refractivity contribution is 0.285. The van der Waals surface area contributed by atoms with Crippen molar-refractivity contribution in [2.75, 3.05) is 0 Å². The fraction of sp³-hybridized carbons (Fsp3) is 0.333. The van der Waals surface area contributed by atoms with E-state index in [-0.39, 0.29) is 6.61 Å². The topological polar surface area (TPSA) is 20.2 Å². The Morgan fingerprint density at radius 2 is 2.10 bits per heavy atom. The zero-order chi connectivity index (χ0) is 7.72. The van der Waals surface area contributed by atoms with Crippen LogP contribution < -0.4 is 0 Å². The molecule has 1 aromatic rings. The average molecular weight is 197 g/mol. The van der Waals surface area contributed by atoms with Crippen LogP contribution in [0, 0.1) is 6.92 Å². The standard InChI is InChI=1S/C6H6Cl2OS/c1-3-4(2-9)10-6(8)5(3)7/h9H,2H2,1H3. The Bertz CT molecular complexity index is 244. The number of aliphatic hydroxyl groups is 1. The molecule has 1 nitrogen and oxygen atoms in total. The summed E-state index contributed by atoms with van der Waals surface area (Å²) in [6.45, 7) is 1.86. The monoisotopic (exact) mass is 196 g/mol. The highest BCUT2D eigenvalue weighted by atomic mass is 35.5. The van der Waals surface area contributed by atoms with E-state index in [9.17, 15) is 0 Å². The molecule has 0 aliphatic heterocycles. The normalized spacial score (nSPS) is 10.4. The molecule has 0 spiro atoms. The third-order valence-electron chi connectivity index (χ3n) is 1.28. The Kier molecular flexibility index (Phi) is 2.58. The third-order valence-corrected chi connectivity index (χ3v) is 3.44. The fourth-order valence-electron chi connectivity index (χ4n) is 0.650. The van der Waals surface area contributed by atoms with E-state index in [2.05, 4.69) is 0 Å². The van der Waals surface area contributed by atoms with Gasteiger partial charge in [-0.25, -0.2) is 0 Å². The first kappa shape index (κ1) is 8.34. The van der Waals surface area contributed by atoms with Crippen molar-refractivity contribution in [1.82, 2.24) is 0 Å². The van der Waals surface area contributed by atoms with Crippen LogP contribution in [0.3, 0.4) is 0 Å². The molecule has 0 amide bonds. The van der Waals surface area contributed by atoms with E-state index < -0.39 is 0 Å². The highest BCUT2D eigenvalue weighted by molar-refractivity contribution is 7.17. The van der Waals surface area contributed by atoms with Gasteiger partial charge >= 0.3 is 0 Å². The van der Waals surface area contributed by atoms with Crippen molar-refractivity contribution in [3.63, 3.8) is 0 Å². The van der Waals surface area contributed by atoms with Crippen molar-refractivity contribution < 1.29 is 5.11 Å². The van der Waals surface area contributed by atoms with Crippen molar-refractivity contribution in [3.8, 4) is 0 Å². The number of hydrogen-bond acceptors (Lipinski definition) is 2. The van der Waals surface area contributed by atoms with E-state index in [0.717, 1.165) is 10.4 Å². The minimum Gasteiger partial charge on any atom is -0.391 e. The molecule has 0 fully saturated rings. The summed E-state index contributed by atoms with van der Waals surface area (Å²) in [5.74, 6) is 0. The second kappa shape index (κ2) is 3.09. The van der Waals surface area contributed by atoms with E-state index in [1.165, 1.54) is 11.3 Å². The maximum atomic E-state index is 8.75. The van der Waals surface area contributed by atoms with Crippen LogP contribution in [0.4, 0.5) is 0 Å². The Hall–Kier alpha value is 0.240. The molecule has 4 heteroatoms. The lowest BCUT2D eigenvalue weighted by Crippen LogP contribution is -1.78. The number of hydrogen-bond donors (Lipinski definition) is 1.